The number of nitrogens with zero attached hydrogens (tertiary/aromatic N) is 2. The van der Waals surface area contributed by atoms with Crippen LogP contribution in [-0.4, -0.2) is 14.9 Å². The summed E-state index contributed by atoms with van der Waals surface area (Å²) in [5.74, 6) is -0.496. The molecule has 0 amide bonds. The molecule has 1 aromatic heterocycles. The fraction of sp³-hybridized carbons (Fsp3) is 0.182. The van der Waals surface area contributed by atoms with Crippen LogP contribution in [0.4, 0.5) is 4.39 Å². The SMILES string of the molecule is Cn1ncc(Cl)c1C(O)c1ccc(Br)cc1F. The molecule has 1 atom stereocenters. The Morgan fingerprint density at radius 2 is 2.24 bits per heavy atom. The number of aliphatic hydroxyl groups is 1. The lowest BCUT2D eigenvalue weighted by atomic mass is 10.1. The highest BCUT2D eigenvalue weighted by molar-refractivity contribution is 9.10. The summed E-state index contributed by atoms with van der Waals surface area (Å²) >= 11 is 9.06. The molecule has 1 aromatic carbocycles. The monoisotopic (exact) mass is 318 g/mol. The molecular weight excluding hydrogens is 310 g/mol. The molecule has 6 heteroatoms. The average Bonchev–Trinajstić information content (AvgIpc) is 2.58. The topological polar surface area (TPSA) is 38.0 Å². The molecule has 0 bridgehead atoms. The lowest BCUT2D eigenvalue weighted by Gasteiger charge is -2.13. The zero-order valence-corrected chi connectivity index (χ0v) is 11.2. The van der Waals surface area contributed by atoms with Crippen LogP contribution in [0.5, 0.6) is 0 Å². The van der Waals surface area contributed by atoms with Gasteiger partial charge in [-0.25, -0.2) is 4.39 Å². The van der Waals surface area contributed by atoms with Crippen LogP contribution in [0.3, 0.4) is 0 Å². The highest BCUT2D eigenvalue weighted by Gasteiger charge is 2.21. The molecule has 0 spiro atoms. The van der Waals surface area contributed by atoms with Crippen LogP contribution in [0.2, 0.25) is 5.02 Å². The van der Waals surface area contributed by atoms with Gasteiger partial charge in [0.2, 0.25) is 0 Å². The molecule has 0 radical (unpaired) electrons. The Balaban J connectivity index is 2.47. The van der Waals surface area contributed by atoms with E-state index in [1.165, 1.54) is 23.0 Å². The summed E-state index contributed by atoms with van der Waals surface area (Å²) in [6.45, 7) is 0. The normalized spacial score (nSPS) is 12.8. The largest absolute Gasteiger partial charge is 0.382 e. The van der Waals surface area contributed by atoms with E-state index >= 15 is 0 Å². The molecular formula is C11H9BrClFN2O. The van der Waals surface area contributed by atoms with Gasteiger partial charge in [-0.3, -0.25) is 4.68 Å². The minimum atomic E-state index is -1.14. The molecule has 1 heterocycles. The van der Waals surface area contributed by atoms with Gasteiger partial charge in [0.05, 0.1) is 16.9 Å². The van der Waals surface area contributed by atoms with E-state index in [2.05, 4.69) is 21.0 Å². The first-order chi connectivity index (χ1) is 8.00. The van der Waals surface area contributed by atoms with Gasteiger partial charge in [0.25, 0.3) is 0 Å². The summed E-state index contributed by atoms with van der Waals surface area (Å²) in [6, 6.07) is 4.46. The van der Waals surface area contributed by atoms with Gasteiger partial charge in [-0.1, -0.05) is 33.6 Å². The van der Waals surface area contributed by atoms with Crippen molar-refractivity contribution in [1.82, 2.24) is 9.78 Å². The Morgan fingerprint density at radius 3 is 2.76 bits per heavy atom. The first kappa shape index (κ1) is 12.5. The van der Waals surface area contributed by atoms with Gasteiger partial charge in [0, 0.05) is 17.1 Å². The molecule has 90 valence electrons. The molecule has 2 aromatic rings. The third-order valence-corrected chi connectivity index (χ3v) is 3.24. The van der Waals surface area contributed by atoms with E-state index < -0.39 is 11.9 Å². The standard InChI is InChI=1S/C11H9BrClFN2O/c1-16-10(8(13)5-15-16)11(17)7-3-2-6(12)4-9(7)14/h2-5,11,17H,1H3. The summed E-state index contributed by atoms with van der Waals surface area (Å²) in [5, 5.41) is 14.3. The summed E-state index contributed by atoms with van der Waals surface area (Å²) in [5.41, 5.74) is 0.534. The van der Waals surface area contributed by atoms with Crippen molar-refractivity contribution >= 4 is 27.5 Å². The van der Waals surface area contributed by atoms with Gasteiger partial charge in [-0.05, 0) is 12.1 Å². The van der Waals surface area contributed by atoms with Gasteiger partial charge in [-0.15, -0.1) is 0 Å². The van der Waals surface area contributed by atoms with Crippen LogP contribution in [0, 0.1) is 5.82 Å². The number of hydrogen-bond donors (Lipinski definition) is 1. The van der Waals surface area contributed by atoms with Crippen LogP contribution < -0.4 is 0 Å². The minimum absolute atomic E-state index is 0.165. The zero-order valence-electron chi connectivity index (χ0n) is 8.86. The van der Waals surface area contributed by atoms with Crippen molar-refractivity contribution in [2.75, 3.05) is 0 Å². The van der Waals surface area contributed by atoms with Crippen molar-refractivity contribution in [3.05, 3.63) is 51.0 Å². The first-order valence-corrected chi connectivity index (χ1v) is 5.98. The van der Waals surface area contributed by atoms with Crippen molar-refractivity contribution < 1.29 is 9.50 Å². The van der Waals surface area contributed by atoms with Gasteiger partial charge in [-0.2, -0.15) is 5.10 Å². The Bertz CT molecular complexity index is 539. The van der Waals surface area contributed by atoms with E-state index in [9.17, 15) is 9.50 Å². The molecule has 1 N–H and O–H groups in total. The number of hydrogen-bond acceptors (Lipinski definition) is 2. The number of halogens is 3. The summed E-state index contributed by atoms with van der Waals surface area (Å²) in [7, 11) is 1.64. The number of rotatable bonds is 2. The van der Waals surface area contributed by atoms with Crippen molar-refractivity contribution in [3.8, 4) is 0 Å². The average molecular weight is 320 g/mol. The van der Waals surface area contributed by atoms with E-state index in [-0.39, 0.29) is 5.56 Å². The van der Waals surface area contributed by atoms with Crippen LogP contribution in [-0.2, 0) is 7.05 Å². The van der Waals surface area contributed by atoms with E-state index in [0.29, 0.717) is 15.2 Å². The van der Waals surface area contributed by atoms with Gasteiger partial charge in [0.15, 0.2) is 0 Å². The van der Waals surface area contributed by atoms with Crippen LogP contribution in [0.1, 0.15) is 17.4 Å². The second-order valence-corrected chi connectivity index (χ2v) is 4.89. The van der Waals surface area contributed by atoms with Crippen molar-refractivity contribution in [2.45, 2.75) is 6.10 Å². The van der Waals surface area contributed by atoms with E-state index in [4.69, 9.17) is 11.6 Å². The van der Waals surface area contributed by atoms with E-state index in [1.54, 1.807) is 13.1 Å². The molecule has 17 heavy (non-hydrogen) atoms. The van der Waals surface area contributed by atoms with Crippen LogP contribution >= 0.6 is 27.5 Å². The molecule has 0 aliphatic carbocycles. The minimum Gasteiger partial charge on any atom is -0.382 e. The summed E-state index contributed by atoms with van der Waals surface area (Å²) in [6.07, 6.45) is 0.278. The summed E-state index contributed by atoms with van der Waals surface area (Å²) < 4.78 is 15.7. The maximum atomic E-state index is 13.7. The third kappa shape index (κ3) is 2.36. The van der Waals surface area contributed by atoms with Gasteiger partial charge in [0.1, 0.15) is 11.9 Å². The Kier molecular flexibility index (Phi) is 3.51. The fourth-order valence-corrected chi connectivity index (χ4v) is 2.20. The Labute approximate surface area is 111 Å². The van der Waals surface area contributed by atoms with E-state index in [1.807, 2.05) is 0 Å². The quantitative estimate of drug-likeness (QED) is 0.924. The predicted octanol–water partition coefficient (Wildman–Crippen LogP) is 3.06. The van der Waals surface area contributed by atoms with Crippen molar-refractivity contribution in [3.63, 3.8) is 0 Å². The van der Waals surface area contributed by atoms with Crippen LogP contribution in [0.15, 0.2) is 28.9 Å². The number of aromatic nitrogens is 2. The second-order valence-electron chi connectivity index (χ2n) is 3.57. The maximum Gasteiger partial charge on any atom is 0.130 e. The first-order valence-electron chi connectivity index (χ1n) is 4.81. The van der Waals surface area contributed by atoms with Gasteiger partial charge >= 0.3 is 0 Å². The summed E-state index contributed by atoms with van der Waals surface area (Å²) in [4.78, 5) is 0. The Hall–Kier alpha value is -0.910. The molecule has 1 unspecified atom stereocenters. The molecule has 0 fully saturated rings. The maximum absolute atomic E-state index is 13.7. The molecule has 2 rings (SSSR count). The highest BCUT2D eigenvalue weighted by atomic mass is 79.9. The van der Waals surface area contributed by atoms with Crippen LogP contribution in [0.25, 0.3) is 0 Å². The molecule has 3 nitrogen and oxygen atoms in total. The molecule has 0 saturated heterocycles. The van der Waals surface area contributed by atoms with Crippen molar-refractivity contribution in [1.29, 1.82) is 0 Å². The second kappa shape index (κ2) is 4.76. The molecule has 0 saturated carbocycles. The van der Waals surface area contributed by atoms with Gasteiger partial charge < -0.3 is 5.11 Å². The van der Waals surface area contributed by atoms with E-state index in [0.717, 1.165) is 0 Å². The fourth-order valence-electron chi connectivity index (χ4n) is 1.60. The lowest BCUT2D eigenvalue weighted by Crippen LogP contribution is -2.08. The third-order valence-electron chi connectivity index (χ3n) is 2.45. The smallest absolute Gasteiger partial charge is 0.130 e. The Morgan fingerprint density at radius 1 is 1.53 bits per heavy atom. The number of aliphatic hydroxyl groups excluding tert-OH is 1. The highest BCUT2D eigenvalue weighted by Crippen LogP contribution is 2.30. The molecule has 0 aliphatic heterocycles. The van der Waals surface area contributed by atoms with Crippen molar-refractivity contribution in [2.24, 2.45) is 7.05 Å². The number of benzene rings is 1. The lowest BCUT2D eigenvalue weighted by molar-refractivity contribution is 0.204. The predicted molar refractivity (Wildman–Crippen MR) is 66.4 cm³/mol. The zero-order chi connectivity index (χ0) is 12.6. The molecule has 0 aliphatic rings. The number of aryl methyl sites for hydroxylation is 1.